The van der Waals surface area contributed by atoms with Crippen molar-refractivity contribution in [2.24, 2.45) is 4.99 Å². The second-order valence-electron chi connectivity index (χ2n) is 6.77. The Bertz CT molecular complexity index is 889. The first-order valence-corrected chi connectivity index (χ1v) is 9.13. The van der Waals surface area contributed by atoms with Crippen LogP contribution >= 0.6 is 0 Å². The van der Waals surface area contributed by atoms with Gasteiger partial charge in [-0.05, 0) is 31.1 Å². The molecule has 0 spiro atoms. The minimum Gasteiger partial charge on any atom is -0.346 e. The van der Waals surface area contributed by atoms with Gasteiger partial charge in [-0.3, -0.25) is 4.79 Å². The van der Waals surface area contributed by atoms with Gasteiger partial charge in [0.15, 0.2) is 0 Å². The predicted octanol–water partition coefficient (Wildman–Crippen LogP) is 4.54. The highest BCUT2D eigenvalue weighted by atomic mass is 19.3. The average molecular weight is 383 g/mol. The molecule has 6 heteroatoms. The fourth-order valence-electron chi connectivity index (χ4n) is 3.45. The summed E-state index contributed by atoms with van der Waals surface area (Å²) in [6.07, 6.45) is 9.42. The lowest BCUT2D eigenvalue weighted by Crippen LogP contribution is -2.38. The van der Waals surface area contributed by atoms with E-state index in [1.807, 2.05) is 25.2 Å². The van der Waals surface area contributed by atoms with Gasteiger partial charge in [-0.1, -0.05) is 43.0 Å². The van der Waals surface area contributed by atoms with Gasteiger partial charge in [-0.25, -0.2) is 13.8 Å². The summed E-state index contributed by atoms with van der Waals surface area (Å²) in [6.45, 7) is 7.05. The van der Waals surface area contributed by atoms with Crippen LogP contribution in [0.5, 0.6) is 0 Å². The maximum atomic E-state index is 13.4. The van der Waals surface area contributed by atoms with Crippen molar-refractivity contribution in [1.29, 1.82) is 0 Å². The van der Waals surface area contributed by atoms with Crippen LogP contribution in [0.25, 0.3) is 0 Å². The fraction of sp³-hybridized carbons (Fsp3) is 0.273. The topological polar surface area (TPSA) is 44.7 Å². The number of aliphatic imine (C=N–C) groups is 1. The number of rotatable bonds is 5. The Morgan fingerprint density at radius 3 is 2.68 bits per heavy atom. The molecule has 4 nitrogen and oxygen atoms in total. The van der Waals surface area contributed by atoms with E-state index >= 15 is 0 Å². The molecule has 3 rings (SSSR count). The van der Waals surface area contributed by atoms with Crippen molar-refractivity contribution >= 4 is 12.2 Å². The summed E-state index contributed by atoms with van der Waals surface area (Å²) in [5.74, 6) is -3.15. The molecule has 0 radical (unpaired) electrons. The van der Waals surface area contributed by atoms with Crippen LogP contribution in [0.15, 0.2) is 77.0 Å². The first-order chi connectivity index (χ1) is 13.4. The van der Waals surface area contributed by atoms with Gasteiger partial charge in [-0.2, -0.15) is 0 Å². The molecule has 1 atom stereocenters. The molecule has 1 unspecified atom stereocenters. The Labute approximate surface area is 163 Å². The molecule has 146 valence electrons. The van der Waals surface area contributed by atoms with Crippen molar-refractivity contribution in [2.75, 3.05) is 6.54 Å². The van der Waals surface area contributed by atoms with Gasteiger partial charge in [0.1, 0.15) is 6.17 Å². The van der Waals surface area contributed by atoms with Crippen molar-refractivity contribution in [1.82, 2.24) is 10.2 Å². The van der Waals surface area contributed by atoms with Crippen LogP contribution in [0.4, 0.5) is 8.78 Å². The molecular formula is C22H23F2N3O. The molecule has 0 aliphatic carbocycles. The summed E-state index contributed by atoms with van der Waals surface area (Å²) in [5.41, 5.74) is 3.18. The Kier molecular flexibility index (Phi) is 5.58. The van der Waals surface area contributed by atoms with E-state index in [9.17, 15) is 13.6 Å². The van der Waals surface area contributed by atoms with Crippen molar-refractivity contribution < 1.29 is 13.6 Å². The van der Waals surface area contributed by atoms with E-state index < -0.39 is 12.1 Å². The highest BCUT2D eigenvalue weighted by Gasteiger charge is 2.36. The molecule has 1 saturated heterocycles. The summed E-state index contributed by atoms with van der Waals surface area (Å²) in [5, 5.41) is 3.18. The highest BCUT2D eigenvalue weighted by molar-refractivity contribution is 5.95. The molecule has 1 fully saturated rings. The number of hydrogen-bond acceptors (Lipinski definition) is 3. The molecule has 1 amide bonds. The minimum absolute atomic E-state index is 0.112. The van der Waals surface area contributed by atoms with E-state index in [1.165, 1.54) is 24.3 Å². The fourth-order valence-corrected chi connectivity index (χ4v) is 3.45. The molecule has 2 aliphatic heterocycles. The molecule has 1 aromatic rings. The van der Waals surface area contributed by atoms with Crippen LogP contribution in [-0.4, -0.2) is 29.9 Å². The van der Waals surface area contributed by atoms with Gasteiger partial charge >= 0.3 is 0 Å². The zero-order valence-corrected chi connectivity index (χ0v) is 16.0. The van der Waals surface area contributed by atoms with E-state index in [4.69, 9.17) is 0 Å². The van der Waals surface area contributed by atoms with Crippen molar-refractivity contribution in [3.8, 4) is 0 Å². The number of nitrogens with one attached hydrogen (secondary N) is 1. The van der Waals surface area contributed by atoms with E-state index in [1.54, 1.807) is 17.3 Å². The zero-order valence-electron chi connectivity index (χ0n) is 16.0. The monoisotopic (exact) mass is 383 g/mol. The van der Waals surface area contributed by atoms with E-state index in [-0.39, 0.29) is 11.5 Å². The number of amides is 1. The highest BCUT2D eigenvalue weighted by Crippen LogP contribution is 2.33. The normalized spacial score (nSPS) is 19.8. The number of alkyl halides is 2. The predicted molar refractivity (Wildman–Crippen MR) is 107 cm³/mol. The standard InChI is InChI=1S/C22H23F2N3O/c1-4-6-15(7-5-2)19-18-12-13-27(20(18)26-14-25-19)21(28)16-8-10-17(11-9-16)22(3,23)24/h4-11,14,20H,1,12-13H2,2-3H3,(H,25,26). The molecule has 0 bridgehead atoms. The quantitative estimate of drug-likeness (QED) is 0.759. The minimum atomic E-state index is -2.93. The summed E-state index contributed by atoms with van der Waals surface area (Å²) < 4.78 is 26.8. The van der Waals surface area contributed by atoms with Crippen LogP contribution in [-0.2, 0) is 5.92 Å². The van der Waals surface area contributed by atoms with Gasteiger partial charge in [-0.15, -0.1) is 0 Å². The number of carbonyl (C=O) groups excluding carboxylic acids is 1. The van der Waals surface area contributed by atoms with Gasteiger partial charge in [0.25, 0.3) is 11.8 Å². The van der Waals surface area contributed by atoms with Crippen molar-refractivity contribution in [2.45, 2.75) is 32.4 Å². The summed E-state index contributed by atoms with van der Waals surface area (Å²) >= 11 is 0. The summed E-state index contributed by atoms with van der Waals surface area (Å²) in [4.78, 5) is 19.1. The average Bonchev–Trinajstić information content (AvgIpc) is 3.11. The van der Waals surface area contributed by atoms with Gasteiger partial charge in [0, 0.05) is 35.9 Å². The molecule has 0 aromatic heterocycles. The van der Waals surface area contributed by atoms with Crippen molar-refractivity contribution in [3.63, 3.8) is 0 Å². The number of carbonyl (C=O) groups is 1. The third-order valence-electron chi connectivity index (χ3n) is 4.81. The third-order valence-corrected chi connectivity index (χ3v) is 4.81. The van der Waals surface area contributed by atoms with Gasteiger partial charge in [0.05, 0.1) is 6.34 Å². The smallest absolute Gasteiger partial charge is 0.270 e. The number of halogens is 2. The molecule has 0 saturated carbocycles. The second kappa shape index (κ2) is 7.92. The van der Waals surface area contributed by atoms with E-state index in [2.05, 4.69) is 16.9 Å². The lowest BCUT2D eigenvalue weighted by molar-refractivity contribution is 0.0174. The zero-order chi connectivity index (χ0) is 20.3. The van der Waals surface area contributed by atoms with Crippen LogP contribution in [0.3, 0.4) is 0 Å². The molecule has 2 heterocycles. The molecule has 2 aliphatic rings. The van der Waals surface area contributed by atoms with Crippen LogP contribution in [0, 0.1) is 0 Å². The Morgan fingerprint density at radius 1 is 1.36 bits per heavy atom. The molecule has 1 N–H and O–H groups in total. The second-order valence-corrected chi connectivity index (χ2v) is 6.77. The largest absolute Gasteiger partial charge is 0.346 e. The molecule has 28 heavy (non-hydrogen) atoms. The lowest BCUT2D eigenvalue weighted by atomic mass is 10.0. The van der Waals surface area contributed by atoms with E-state index in [0.29, 0.717) is 18.5 Å². The SMILES string of the molecule is C=CC=C(C=CC)C1=C2CCN(C(=O)c3ccc(C(C)(F)F)cc3)C2N=CN1. The number of benzene rings is 1. The Hall–Kier alpha value is -3.02. The number of allylic oxidation sites excluding steroid dienone is 4. The Balaban J connectivity index is 1.88. The number of fused-ring (bicyclic) bond motifs is 1. The summed E-state index contributed by atoms with van der Waals surface area (Å²) in [6, 6.07) is 5.50. The maximum Gasteiger partial charge on any atom is 0.270 e. The van der Waals surface area contributed by atoms with Crippen molar-refractivity contribution in [3.05, 3.63) is 83.1 Å². The Morgan fingerprint density at radius 2 is 2.07 bits per heavy atom. The number of hydrogen-bond donors (Lipinski definition) is 1. The number of nitrogens with zero attached hydrogens (tertiary/aromatic N) is 2. The first kappa shape index (κ1) is 19.7. The third kappa shape index (κ3) is 3.81. The lowest BCUT2D eigenvalue weighted by Gasteiger charge is -2.26. The number of likely N-dealkylation sites (tertiary alicyclic amines) is 1. The van der Waals surface area contributed by atoms with Crippen LogP contribution < -0.4 is 5.32 Å². The van der Waals surface area contributed by atoms with Crippen LogP contribution in [0.1, 0.15) is 36.2 Å². The van der Waals surface area contributed by atoms with Crippen LogP contribution in [0.2, 0.25) is 0 Å². The van der Waals surface area contributed by atoms with E-state index in [0.717, 1.165) is 23.8 Å². The summed E-state index contributed by atoms with van der Waals surface area (Å²) in [7, 11) is 0. The van der Waals surface area contributed by atoms with Gasteiger partial charge < -0.3 is 10.2 Å². The molecular weight excluding hydrogens is 360 g/mol. The molecule has 1 aromatic carbocycles. The first-order valence-electron chi connectivity index (χ1n) is 9.13. The van der Waals surface area contributed by atoms with Gasteiger partial charge in [0.2, 0.25) is 0 Å². The maximum absolute atomic E-state index is 13.4.